The summed E-state index contributed by atoms with van der Waals surface area (Å²) in [4.78, 5) is 25.5. The number of methoxy groups -OCH3 is 1. The maximum absolute atomic E-state index is 11.0. The normalized spacial score (nSPS) is 9.95. The first-order valence-electron chi connectivity index (χ1n) is 5.24. The molecule has 7 heteroatoms. The van der Waals surface area contributed by atoms with Crippen LogP contribution in [0.1, 0.15) is 0 Å². The summed E-state index contributed by atoms with van der Waals surface area (Å²) in [6.07, 6.45) is 0. The molecule has 0 fully saturated rings. The van der Waals surface area contributed by atoms with Gasteiger partial charge in [0.15, 0.2) is 5.13 Å². The number of hydrogen-bond donors (Lipinski definition) is 2. The van der Waals surface area contributed by atoms with E-state index in [0.717, 1.165) is 22.6 Å². The molecule has 2 rings (SSSR count). The quantitative estimate of drug-likeness (QED) is 0.836. The minimum atomic E-state index is -1.54. The van der Waals surface area contributed by atoms with Crippen molar-refractivity contribution in [2.24, 2.45) is 0 Å². The van der Waals surface area contributed by atoms with Crippen LogP contribution in [0.4, 0.5) is 5.13 Å². The van der Waals surface area contributed by atoms with Crippen molar-refractivity contribution in [1.82, 2.24) is 4.98 Å². The van der Waals surface area contributed by atoms with Crippen LogP contribution in [0.2, 0.25) is 0 Å². The monoisotopic (exact) mass is 278 g/mol. The van der Waals surface area contributed by atoms with Gasteiger partial charge in [0.05, 0.1) is 12.8 Å². The maximum atomic E-state index is 11.0. The number of nitrogens with zero attached hydrogens (tertiary/aromatic N) is 1. The summed E-state index contributed by atoms with van der Waals surface area (Å²) < 4.78 is 5.05. The number of nitrogens with one attached hydrogen (secondary N) is 1. The van der Waals surface area contributed by atoms with Gasteiger partial charge in [-0.15, -0.1) is 11.3 Å². The number of thiazole rings is 1. The van der Waals surface area contributed by atoms with Crippen molar-refractivity contribution in [3.8, 4) is 17.0 Å². The Morgan fingerprint density at radius 3 is 2.58 bits per heavy atom. The molecule has 0 bridgehead atoms. The van der Waals surface area contributed by atoms with E-state index in [-0.39, 0.29) is 5.13 Å². The minimum Gasteiger partial charge on any atom is -0.497 e. The predicted octanol–water partition coefficient (Wildman–Crippen LogP) is 1.84. The van der Waals surface area contributed by atoms with Gasteiger partial charge in [0, 0.05) is 10.9 Å². The third-order valence-corrected chi connectivity index (χ3v) is 3.06. The van der Waals surface area contributed by atoms with E-state index in [1.165, 1.54) is 0 Å². The van der Waals surface area contributed by atoms with E-state index in [1.54, 1.807) is 24.6 Å². The SMILES string of the molecule is COc1ccc(-c2csc(NC(=O)C(=O)O)n2)cc1. The van der Waals surface area contributed by atoms with Crippen LogP contribution < -0.4 is 10.1 Å². The van der Waals surface area contributed by atoms with Gasteiger partial charge in [-0.3, -0.25) is 10.1 Å². The smallest absolute Gasteiger partial charge is 0.394 e. The van der Waals surface area contributed by atoms with Crippen LogP contribution in [-0.2, 0) is 9.59 Å². The van der Waals surface area contributed by atoms with Gasteiger partial charge >= 0.3 is 11.9 Å². The Balaban J connectivity index is 2.15. The Hall–Kier alpha value is -2.41. The van der Waals surface area contributed by atoms with E-state index in [0.29, 0.717) is 5.69 Å². The van der Waals surface area contributed by atoms with Crippen LogP contribution in [0.15, 0.2) is 29.6 Å². The van der Waals surface area contributed by atoms with Gasteiger partial charge in [0.25, 0.3) is 0 Å². The van der Waals surface area contributed by atoms with Gasteiger partial charge in [-0.05, 0) is 24.3 Å². The van der Waals surface area contributed by atoms with Gasteiger partial charge in [-0.1, -0.05) is 0 Å². The molecule has 0 radical (unpaired) electrons. The van der Waals surface area contributed by atoms with Gasteiger partial charge in [0.1, 0.15) is 5.75 Å². The Bertz CT molecular complexity index is 606. The van der Waals surface area contributed by atoms with Crippen molar-refractivity contribution in [3.05, 3.63) is 29.6 Å². The lowest BCUT2D eigenvalue weighted by molar-refractivity contribution is -0.147. The topological polar surface area (TPSA) is 88.5 Å². The molecular weight excluding hydrogens is 268 g/mol. The number of carboxylic acids is 1. The summed E-state index contributed by atoms with van der Waals surface area (Å²) in [5.41, 5.74) is 1.52. The summed E-state index contributed by atoms with van der Waals surface area (Å²) in [5, 5.41) is 12.7. The van der Waals surface area contributed by atoms with Crippen molar-refractivity contribution in [2.45, 2.75) is 0 Å². The highest BCUT2D eigenvalue weighted by Crippen LogP contribution is 2.26. The molecular formula is C12H10N2O4S. The molecule has 0 aliphatic carbocycles. The number of aliphatic carboxylic acids is 1. The zero-order valence-electron chi connectivity index (χ0n) is 9.91. The van der Waals surface area contributed by atoms with E-state index in [1.807, 2.05) is 12.1 Å². The van der Waals surface area contributed by atoms with E-state index >= 15 is 0 Å². The Labute approximate surface area is 112 Å². The number of carboxylic acid groups (broad SMARTS) is 1. The van der Waals surface area contributed by atoms with E-state index in [2.05, 4.69) is 10.3 Å². The third-order valence-electron chi connectivity index (χ3n) is 2.30. The molecule has 0 aliphatic heterocycles. The zero-order chi connectivity index (χ0) is 13.8. The lowest BCUT2D eigenvalue weighted by Gasteiger charge is -2.00. The number of carbonyl (C=O) groups is 2. The van der Waals surface area contributed by atoms with Crippen molar-refractivity contribution >= 4 is 28.3 Å². The number of aromatic nitrogens is 1. The lowest BCUT2D eigenvalue weighted by Crippen LogP contribution is -2.21. The van der Waals surface area contributed by atoms with Crippen molar-refractivity contribution < 1.29 is 19.4 Å². The summed E-state index contributed by atoms with van der Waals surface area (Å²) in [7, 11) is 1.58. The van der Waals surface area contributed by atoms with Crippen LogP contribution in [0.5, 0.6) is 5.75 Å². The van der Waals surface area contributed by atoms with E-state index in [9.17, 15) is 9.59 Å². The molecule has 6 nitrogen and oxygen atoms in total. The second kappa shape index (κ2) is 5.49. The molecule has 2 N–H and O–H groups in total. The summed E-state index contributed by atoms with van der Waals surface area (Å²) in [6, 6.07) is 7.25. The Morgan fingerprint density at radius 2 is 2.00 bits per heavy atom. The molecule has 0 saturated heterocycles. The third kappa shape index (κ3) is 3.08. The fourth-order valence-electron chi connectivity index (χ4n) is 1.38. The first-order chi connectivity index (χ1) is 9.10. The van der Waals surface area contributed by atoms with Crippen LogP contribution in [0, 0.1) is 0 Å². The number of carbonyl (C=O) groups excluding carboxylic acids is 1. The van der Waals surface area contributed by atoms with Gasteiger partial charge in [-0.2, -0.15) is 0 Å². The Morgan fingerprint density at radius 1 is 1.32 bits per heavy atom. The number of anilines is 1. The first kappa shape index (κ1) is 13.0. The van der Waals surface area contributed by atoms with Gasteiger partial charge < -0.3 is 9.84 Å². The predicted molar refractivity (Wildman–Crippen MR) is 70.4 cm³/mol. The first-order valence-corrected chi connectivity index (χ1v) is 6.12. The van der Waals surface area contributed by atoms with Crippen LogP contribution in [0.3, 0.4) is 0 Å². The fraction of sp³-hybridized carbons (Fsp3) is 0.0833. The molecule has 2 aromatic rings. The fourth-order valence-corrected chi connectivity index (χ4v) is 2.09. The minimum absolute atomic E-state index is 0.248. The zero-order valence-corrected chi connectivity index (χ0v) is 10.7. The van der Waals surface area contributed by atoms with Gasteiger partial charge in [0.2, 0.25) is 0 Å². The highest BCUT2D eigenvalue weighted by Gasteiger charge is 2.13. The number of amides is 1. The van der Waals surface area contributed by atoms with Crippen LogP contribution in [-0.4, -0.2) is 29.1 Å². The summed E-state index contributed by atoms with van der Waals surface area (Å²) in [5.74, 6) is -1.91. The molecule has 1 aromatic heterocycles. The van der Waals surface area contributed by atoms with Crippen LogP contribution in [0.25, 0.3) is 11.3 Å². The number of benzene rings is 1. The number of rotatable bonds is 3. The summed E-state index contributed by atoms with van der Waals surface area (Å²) >= 11 is 1.16. The van der Waals surface area contributed by atoms with Crippen LogP contribution >= 0.6 is 11.3 Å². The highest BCUT2D eigenvalue weighted by atomic mass is 32.1. The average Bonchev–Trinajstić information content (AvgIpc) is 2.87. The van der Waals surface area contributed by atoms with Crippen molar-refractivity contribution in [1.29, 1.82) is 0 Å². The molecule has 1 heterocycles. The standard InChI is InChI=1S/C12H10N2O4S/c1-18-8-4-2-7(3-5-8)9-6-19-12(13-9)14-10(15)11(16)17/h2-6H,1H3,(H,16,17)(H,13,14,15). The average molecular weight is 278 g/mol. The number of ether oxygens (including phenoxy) is 1. The van der Waals surface area contributed by atoms with Crippen molar-refractivity contribution in [3.63, 3.8) is 0 Å². The molecule has 98 valence electrons. The second-order valence-electron chi connectivity index (χ2n) is 3.53. The van der Waals surface area contributed by atoms with Crippen molar-refractivity contribution in [2.75, 3.05) is 12.4 Å². The molecule has 0 atom stereocenters. The molecule has 0 saturated carbocycles. The Kier molecular flexibility index (Phi) is 3.76. The molecule has 0 unspecified atom stereocenters. The number of hydrogen-bond acceptors (Lipinski definition) is 5. The second-order valence-corrected chi connectivity index (χ2v) is 4.38. The van der Waals surface area contributed by atoms with E-state index in [4.69, 9.17) is 9.84 Å². The summed E-state index contributed by atoms with van der Waals surface area (Å²) in [6.45, 7) is 0. The highest BCUT2D eigenvalue weighted by molar-refractivity contribution is 7.14. The van der Waals surface area contributed by atoms with Gasteiger partial charge in [-0.25, -0.2) is 9.78 Å². The lowest BCUT2D eigenvalue weighted by atomic mass is 10.2. The molecule has 19 heavy (non-hydrogen) atoms. The maximum Gasteiger partial charge on any atom is 0.394 e. The largest absolute Gasteiger partial charge is 0.497 e. The molecule has 1 amide bonds. The molecule has 1 aromatic carbocycles. The van der Waals surface area contributed by atoms with E-state index < -0.39 is 11.9 Å². The molecule has 0 aliphatic rings. The molecule has 0 spiro atoms.